The predicted octanol–water partition coefficient (Wildman–Crippen LogP) is 3.70. The summed E-state index contributed by atoms with van der Waals surface area (Å²) in [7, 11) is -1.05. The Labute approximate surface area is 166 Å². The van der Waals surface area contributed by atoms with Crippen LogP contribution in [0.25, 0.3) is 11.3 Å². The highest BCUT2D eigenvalue weighted by molar-refractivity contribution is 7.87. The Kier molecular flexibility index (Phi) is 6.70. The van der Waals surface area contributed by atoms with Gasteiger partial charge in [0.25, 0.3) is 0 Å². The topological polar surface area (TPSA) is 76.8 Å². The van der Waals surface area contributed by atoms with E-state index >= 15 is 0 Å². The molecule has 2 aromatic rings. The van der Waals surface area contributed by atoms with Gasteiger partial charge in [0, 0.05) is 19.7 Å². The van der Waals surface area contributed by atoms with Crippen molar-refractivity contribution in [1.82, 2.24) is 13.3 Å². The van der Waals surface area contributed by atoms with Crippen LogP contribution in [0.3, 0.4) is 0 Å². The highest BCUT2D eigenvalue weighted by atomic mass is 35.5. The normalized spacial score (nSPS) is 12.1. The summed E-state index contributed by atoms with van der Waals surface area (Å²) in [6.07, 6.45) is 4.00. The van der Waals surface area contributed by atoms with E-state index in [-0.39, 0.29) is 33.2 Å². The first-order valence-corrected chi connectivity index (χ1v) is 9.65. The van der Waals surface area contributed by atoms with Gasteiger partial charge in [0.15, 0.2) is 5.82 Å². The van der Waals surface area contributed by atoms with Crippen molar-refractivity contribution in [1.29, 1.82) is 0 Å². The smallest absolute Gasteiger partial charge is 0.308 e. The summed E-state index contributed by atoms with van der Waals surface area (Å²) < 4.78 is 27.1. The van der Waals surface area contributed by atoms with Gasteiger partial charge in [-0.1, -0.05) is 52.6 Å². The molecule has 0 amide bonds. The number of aromatic nitrogens is 2. The molecule has 1 aromatic heterocycles. The van der Waals surface area contributed by atoms with Gasteiger partial charge in [0.05, 0.1) is 27.0 Å². The van der Waals surface area contributed by atoms with Gasteiger partial charge in [0.1, 0.15) is 12.8 Å². The first-order chi connectivity index (χ1) is 12.2. The summed E-state index contributed by atoms with van der Waals surface area (Å²) in [4.78, 5) is 9.19. The van der Waals surface area contributed by atoms with E-state index in [1.807, 2.05) is 0 Å². The van der Waals surface area contributed by atoms with Crippen LogP contribution >= 0.6 is 34.8 Å². The minimum atomic E-state index is -3.85. The molecular formula is C15H15Cl3N4O3S. The van der Waals surface area contributed by atoms with Crippen molar-refractivity contribution in [3.63, 3.8) is 0 Å². The Hall–Kier alpha value is -1.58. The van der Waals surface area contributed by atoms with Crippen molar-refractivity contribution in [3.05, 3.63) is 51.9 Å². The summed E-state index contributed by atoms with van der Waals surface area (Å²) in [6, 6.07) is 3.14. The lowest BCUT2D eigenvalue weighted by Crippen LogP contribution is -2.29. The molecule has 0 N–H and O–H groups in total. The molecule has 0 atom stereocenters. The van der Waals surface area contributed by atoms with Gasteiger partial charge < -0.3 is 4.84 Å². The third-order valence-corrected chi connectivity index (χ3v) is 6.16. The number of hydrogen-bond acceptors (Lipinski definition) is 5. The molecule has 0 spiro atoms. The van der Waals surface area contributed by atoms with Crippen LogP contribution in [0.15, 0.2) is 36.1 Å². The largest absolute Gasteiger partial charge is 0.391 e. The fourth-order valence-electron chi connectivity index (χ4n) is 1.86. The number of hydrogen-bond donors (Lipinski definition) is 0. The second-order valence-corrected chi connectivity index (χ2v) is 8.29. The van der Waals surface area contributed by atoms with Crippen molar-refractivity contribution in [2.75, 3.05) is 20.7 Å². The average Bonchev–Trinajstić information content (AvgIpc) is 3.01. The second-order valence-electron chi connectivity index (χ2n) is 5.11. The quantitative estimate of drug-likeness (QED) is 0.217. The Morgan fingerprint density at radius 3 is 2.62 bits per heavy atom. The molecule has 0 aliphatic heterocycles. The highest BCUT2D eigenvalue weighted by Gasteiger charge is 2.23. The zero-order valence-corrected chi connectivity index (χ0v) is 16.9. The Balaban J connectivity index is 2.60. The van der Waals surface area contributed by atoms with E-state index in [0.717, 1.165) is 8.28 Å². The lowest BCUT2D eigenvalue weighted by atomic mass is 10.2. The van der Waals surface area contributed by atoms with E-state index in [1.54, 1.807) is 12.1 Å². The molecule has 140 valence electrons. The maximum absolute atomic E-state index is 12.5. The Bertz CT molecular complexity index is 955. The lowest BCUT2D eigenvalue weighted by molar-refractivity contribution is 0.176. The molecule has 26 heavy (non-hydrogen) atoms. The summed E-state index contributed by atoms with van der Waals surface area (Å²) in [6.45, 7) is 3.66. The Morgan fingerprint density at radius 1 is 1.31 bits per heavy atom. The molecule has 1 heterocycles. The zero-order valence-electron chi connectivity index (χ0n) is 13.9. The van der Waals surface area contributed by atoms with Crippen molar-refractivity contribution >= 4 is 51.2 Å². The van der Waals surface area contributed by atoms with Crippen LogP contribution in [-0.2, 0) is 15.0 Å². The monoisotopic (exact) mass is 436 g/mol. The Morgan fingerprint density at radius 2 is 2.00 bits per heavy atom. The van der Waals surface area contributed by atoms with Gasteiger partial charge in [-0.3, -0.25) is 0 Å². The number of oxime groups is 1. The standard InChI is InChI=1S/C15H15Cl3N4O3S/c1-4-7-25-19-8-13-20-12(9-22(13)26(23,24)21(2)3)10-5-6-11(16)15(18)14(10)17/h4-6,8-9H,1,7H2,2-3H3/b19-8+. The number of halogens is 3. The van der Waals surface area contributed by atoms with E-state index in [0.29, 0.717) is 5.56 Å². The van der Waals surface area contributed by atoms with Crippen LogP contribution < -0.4 is 0 Å². The number of rotatable bonds is 7. The molecule has 1 aromatic carbocycles. The average molecular weight is 438 g/mol. The van der Waals surface area contributed by atoms with Gasteiger partial charge in [-0.05, 0) is 12.1 Å². The fraction of sp³-hybridized carbons (Fsp3) is 0.200. The molecule has 0 saturated carbocycles. The second kappa shape index (κ2) is 8.41. The first-order valence-electron chi connectivity index (χ1n) is 7.12. The summed E-state index contributed by atoms with van der Waals surface area (Å²) in [5, 5.41) is 4.28. The molecule has 0 fully saturated rings. The van der Waals surface area contributed by atoms with E-state index in [1.165, 1.54) is 32.6 Å². The zero-order chi connectivity index (χ0) is 19.5. The minimum Gasteiger partial charge on any atom is -0.391 e. The van der Waals surface area contributed by atoms with Crippen LogP contribution in [0, 0.1) is 0 Å². The summed E-state index contributed by atoms with van der Waals surface area (Å²) >= 11 is 18.2. The molecule has 0 bridgehead atoms. The van der Waals surface area contributed by atoms with Gasteiger partial charge in [-0.25, -0.2) is 8.96 Å². The van der Waals surface area contributed by atoms with Crippen LogP contribution in [0.2, 0.25) is 15.1 Å². The van der Waals surface area contributed by atoms with Crippen LogP contribution in [0.4, 0.5) is 0 Å². The summed E-state index contributed by atoms with van der Waals surface area (Å²) in [5.41, 5.74) is 0.708. The fourth-order valence-corrected chi connectivity index (χ4v) is 3.40. The van der Waals surface area contributed by atoms with E-state index in [2.05, 4.69) is 16.7 Å². The molecule has 0 aliphatic carbocycles. The van der Waals surface area contributed by atoms with Gasteiger partial charge >= 0.3 is 10.2 Å². The van der Waals surface area contributed by atoms with Crippen molar-refractivity contribution < 1.29 is 13.3 Å². The molecule has 0 saturated heterocycles. The molecule has 2 rings (SSSR count). The molecule has 11 heteroatoms. The van der Waals surface area contributed by atoms with Crippen molar-refractivity contribution in [2.45, 2.75) is 0 Å². The molecule has 0 radical (unpaired) electrons. The molecular weight excluding hydrogens is 423 g/mol. The molecule has 0 unspecified atom stereocenters. The number of nitrogens with zero attached hydrogens (tertiary/aromatic N) is 4. The van der Waals surface area contributed by atoms with Gasteiger partial charge in [0.2, 0.25) is 0 Å². The minimum absolute atomic E-state index is 0.0277. The van der Waals surface area contributed by atoms with Crippen molar-refractivity contribution in [3.8, 4) is 11.3 Å². The molecule has 7 nitrogen and oxygen atoms in total. The van der Waals surface area contributed by atoms with Gasteiger partial charge in [-0.2, -0.15) is 12.7 Å². The van der Waals surface area contributed by atoms with E-state index < -0.39 is 10.2 Å². The third-order valence-electron chi connectivity index (χ3n) is 3.16. The van der Waals surface area contributed by atoms with Crippen LogP contribution in [-0.4, -0.2) is 48.6 Å². The van der Waals surface area contributed by atoms with Crippen LogP contribution in [0.1, 0.15) is 5.82 Å². The number of benzene rings is 1. The predicted molar refractivity (Wildman–Crippen MR) is 104 cm³/mol. The lowest BCUT2D eigenvalue weighted by Gasteiger charge is -2.12. The summed E-state index contributed by atoms with van der Waals surface area (Å²) in [5.74, 6) is 0.0277. The molecule has 0 aliphatic rings. The SMILES string of the molecule is C=CCO/N=C/c1nc(-c2ccc(Cl)c(Cl)c2Cl)cn1S(=O)(=O)N(C)C. The first kappa shape index (κ1) is 20.7. The highest BCUT2D eigenvalue weighted by Crippen LogP contribution is 2.37. The van der Waals surface area contributed by atoms with E-state index in [9.17, 15) is 8.42 Å². The van der Waals surface area contributed by atoms with Crippen LogP contribution in [0.5, 0.6) is 0 Å². The third kappa shape index (κ3) is 4.21. The maximum Gasteiger partial charge on any atom is 0.308 e. The van der Waals surface area contributed by atoms with Crippen molar-refractivity contribution in [2.24, 2.45) is 5.16 Å². The van der Waals surface area contributed by atoms with E-state index in [4.69, 9.17) is 39.6 Å². The maximum atomic E-state index is 12.5. The number of imidazole rings is 1. The van der Waals surface area contributed by atoms with Gasteiger partial charge in [-0.15, -0.1) is 0 Å².